The molecule has 2 aromatic rings. The van der Waals surface area contributed by atoms with Gasteiger partial charge in [0.2, 0.25) is 5.91 Å². The molecule has 10 heteroatoms. The van der Waals surface area contributed by atoms with Gasteiger partial charge in [0.25, 0.3) is 0 Å². The third-order valence-electron chi connectivity index (χ3n) is 5.63. The van der Waals surface area contributed by atoms with Crippen LogP contribution in [0.25, 0.3) is 0 Å². The number of nitrogens with one attached hydrogen (secondary N) is 1. The fourth-order valence-corrected chi connectivity index (χ4v) is 5.27. The molecule has 2 unspecified atom stereocenters. The van der Waals surface area contributed by atoms with Gasteiger partial charge >= 0.3 is 71.1 Å². The van der Waals surface area contributed by atoms with E-state index in [1.165, 1.54) is 29.3 Å². The molecule has 0 aliphatic heterocycles. The zero-order valence-corrected chi connectivity index (χ0v) is 19.1. The molecule has 3 rings (SSSR count). The second-order valence-corrected chi connectivity index (χ2v) is 9.49. The number of thioether (sulfide) groups is 1. The minimum atomic E-state index is -1.20. The van der Waals surface area contributed by atoms with Gasteiger partial charge in [-0.25, -0.2) is 0 Å². The van der Waals surface area contributed by atoms with E-state index in [9.17, 15) is 19.5 Å². The van der Waals surface area contributed by atoms with Crippen LogP contribution in [0.5, 0.6) is 0 Å². The Hall–Kier alpha value is -0.840. The molecule has 0 saturated carbocycles. The number of amides is 1. The summed E-state index contributed by atoms with van der Waals surface area (Å²) in [6.07, 6.45) is 3.78. The van der Waals surface area contributed by atoms with Crippen molar-refractivity contribution in [3.05, 3.63) is 59.2 Å². The number of anilines is 1. The van der Waals surface area contributed by atoms with Gasteiger partial charge in [-0.3, -0.25) is 14.4 Å². The summed E-state index contributed by atoms with van der Waals surface area (Å²) < 4.78 is 0. The first-order chi connectivity index (χ1) is 15.8. The number of rotatable bonds is 11. The molecule has 0 radical (unpaired) electrons. The zero-order chi connectivity index (χ0) is 23.8. The van der Waals surface area contributed by atoms with E-state index >= 15 is 0 Å². The maximum atomic E-state index is 11.8. The van der Waals surface area contributed by atoms with Crippen LogP contribution in [0.2, 0.25) is 0 Å². The Balaban J connectivity index is 0.00000306. The second-order valence-electron chi connectivity index (χ2n) is 8.27. The van der Waals surface area contributed by atoms with Crippen LogP contribution in [0.4, 0.5) is 5.69 Å². The van der Waals surface area contributed by atoms with Gasteiger partial charge in [0, 0.05) is 17.0 Å². The van der Waals surface area contributed by atoms with Gasteiger partial charge in [0.05, 0.1) is 11.4 Å². The Morgan fingerprint density at radius 2 is 1.66 bits per heavy atom. The van der Waals surface area contributed by atoms with Gasteiger partial charge in [-0.15, -0.1) is 11.8 Å². The van der Waals surface area contributed by atoms with E-state index in [-0.39, 0.29) is 70.8 Å². The predicted molar refractivity (Wildman–Crippen MR) is 141 cm³/mol. The molecule has 1 amide bonds. The first kappa shape index (κ1) is 32.2. The number of hydrogen-bond donors (Lipinski definition) is 4. The molecule has 0 fully saturated rings. The number of hydrogen-bond acceptors (Lipinski definition) is 5. The van der Waals surface area contributed by atoms with Crippen LogP contribution in [0, 0.1) is 0 Å². The fourth-order valence-electron chi connectivity index (χ4n) is 4.05. The van der Waals surface area contributed by atoms with Crippen LogP contribution in [0.1, 0.15) is 60.5 Å². The third-order valence-corrected chi connectivity index (χ3v) is 7.00. The molecular formula is C25H31NNa2O6S. The molecule has 180 valence electrons. The molecule has 1 aliphatic carbocycles. The summed E-state index contributed by atoms with van der Waals surface area (Å²) in [4.78, 5) is 34.3. The summed E-state index contributed by atoms with van der Waals surface area (Å²) in [7, 11) is 0. The van der Waals surface area contributed by atoms with E-state index in [4.69, 9.17) is 10.2 Å². The Bertz CT molecular complexity index is 1020. The van der Waals surface area contributed by atoms with Crippen LogP contribution in [0.15, 0.2) is 47.4 Å². The molecule has 0 bridgehead atoms. The topological polar surface area (TPSA) is 124 Å². The molecule has 35 heavy (non-hydrogen) atoms. The molecule has 0 saturated heterocycles. The quantitative estimate of drug-likeness (QED) is 0.204. The number of aryl methyl sites for hydroxylation is 2. The zero-order valence-electron chi connectivity index (χ0n) is 18.3. The van der Waals surface area contributed by atoms with Crippen LogP contribution < -0.4 is 5.32 Å². The van der Waals surface area contributed by atoms with E-state index in [1.807, 2.05) is 12.1 Å². The Morgan fingerprint density at radius 3 is 2.34 bits per heavy atom. The monoisotopic (exact) mass is 519 g/mol. The van der Waals surface area contributed by atoms with Crippen LogP contribution in [0.3, 0.4) is 0 Å². The van der Waals surface area contributed by atoms with E-state index in [0.717, 1.165) is 29.7 Å². The molecule has 0 heterocycles. The number of carbonyl (C=O) groups excluding carboxylic acids is 1. The van der Waals surface area contributed by atoms with E-state index < -0.39 is 30.4 Å². The summed E-state index contributed by atoms with van der Waals surface area (Å²) in [5, 5.41) is 31.0. The molecule has 0 spiro atoms. The SMILES string of the molecule is O=C(O)CCCC(O)C(Sc1cccc(NC(=O)CC(=O)O)c1)c1ccc2c(c1)CCCC2.[NaH].[NaH]. The minimum absolute atomic E-state index is 0. The molecular weight excluding hydrogens is 488 g/mol. The average molecular weight is 520 g/mol. The number of fused-ring (bicyclic) bond motifs is 1. The van der Waals surface area contributed by atoms with Crippen LogP contribution in [-0.4, -0.2) is 98.4 Å². The number of aliphatic hydroxyl groups excluding tert-OH is 1. The summed E-state index contributed by atoms with van der Waals surface area (Å²) in [5.41, 5.74) is 4.12. The Morgan fingerprint density at radius 1 is 0.943 bits per heavy atom. The van der Waals surface area contributed by atoms with Crippen molar-refractivity contribution < 1.29 is 29.7 Å². The molecule has 7 nitrogen and oxygen atoms in total. The molecule has 2 atom stereocenters. The summed E-state index contributed by atoms with van der Waals surface area (Å²) in [6.45, 7) is 0. The summed E-state index contributed by atoms with van der Waals surface area (Å²) >= 11 is 1.45. The van der Waals surface area contributed by atoms with Crippen molar-refractivity contribution in [1.29, 1.82) is 0 Å². The first-order valence-electron chi connectivity index (χ1n) is 11.1. The van der Waals surface area contributed by atoms with Crippen molar-refractivity contribution in [3.8, 4) is 0 Å². The first-order valence-corrected chi connectivity index (χ1v) is 12.0. The number of carboxylic acid groups (broad SMARTS) is 2. The van der Waals surface area contributed by atoms with Crippen molar-refractivity contribution in [2.45, 2.75) is 67.6 Å². The number of aliphatic carboxylic acids is 2. The van der Waals surface area contributed by atoms with Gasteiger partial charge in [0.15, 0.2) is 0 Å². The van der Waals surface area contributed by atoms with E-state index in [0.29, 0.717) is 18.5 Å². The Labute approximate surface area is 254 Å². The van der Waals surface area contributed by atoms with E-state index in [1.54, 1.807) is 18.2 Å². The predicted octanol–water partition coefficient (Wildman–Crippen LogP) is 3.13. The van der Waals surface area contributed by atoms with E-state index in [2.05, 4.69) is 17.4 Å². The number of aliphatic hydroxyl groups is 1. The number of carboxylic acids is 2. The number of benzene rings is 2. The van der Waals surface area contributed by atoms with Gasteiger partial charge in [0.1, 0.15) is 6.42 Å². The van der Waals surface area contributed by atoms with Crippen LogP contribution >= 0.6 is 11.8 Å². The molecule has 2 aromatic carbocycles. The second kappa shape index (κ2) is 16.1. The van der Waals surface area contributed by atoms with Crippen LogP contribution in [-0.2, 0) is 27.2 Å². The molecule has 4 N–H and O–H groups in total. The fraction of sp³-hybridized carbons (Fsp3) is 0.400. The van der Waals surface area contributed by atoms with Crippen molar-refractivity contribution >= 4 is 94.4 Å². The maximum absolute atomic E-state index is 11.8. The molecule has 0 aromatic heterocycles. The summed E-state index contributed by atoms with van der Waals surface area (Å²) in [6, 6.07) is 13.4. The standard InChI is InChI=1S/C25H29NO6S.2Na.2H/c27-21(9-4-10-23(29)30)25(18-12-11-16-5-1-2-6-17(16)13-18)33-20-8-3-7-19(14-20)26-22(28)15-24(31)32;;;;/h3,7-8,11-14,21,25,27H,1-2,4-6,9-10,15H2,(H,26,28)(H,29,30)(H,31,32);;;;. The average Bonchev–Trinajstić information content (AvgIpc) is 2.76. The van der Waals surface area contributed by atoms with Gasteiger partial charge in [-0.2, -0.15) is 0 Å². The van der Waals surface area contributed by atoms with Gasteiger partial charge < -0.3 is 20.6 Å². The van der Waals surface area contributed by atoms with Gasteiger partial charge in [-0.1, -0.05) is 24.3 Å². The third kappa shape index (κ3) is 10.6. The van der Waals surface area contributed by atoms with Crippen molar-refractivity contribution in [2.75, 3.05) is 5.32 Å². The number of carbonyl (C=O) groups is 3. The van der Waals surface area contributed by atoms with Crippen molar-refractivity contribution in [2.24, 2.45) is 0 Å². The summed E-state index contributed by atoms with van der Waals surface area (Å²) in [5.74, 6) is -2.69. The molecule has 1 aliphatic rings. The van der Waals surface area contributed by atoms with Crippen molar-refractivity contribution in [1.82, 2.24) is 0 Å². The normalized spacial score (nSPS) is 13.9. The van der Waals surface area contributed by atoms with Crippen molar-refractivity contribution in [3.63, 3.8) is 0 Å². The van der Waals surface area contributed by atoms with Gasteiger partial charge in [-0.05, 0) is 73.4 Å². The Kier molecular flexibility index (Phi) is 14.8.